The highest BCUT2D eigenvalue weighted by Crippen LogP contribution is 2.34. The van der Waals surface area contributed by atoms with E-state index in [1.165, 1.54) is 20.9 Å². The van der Waals surface area contributed by atoms with Crippen molar-refractivity contribution in [3.63, 3.8) is 0 Å². The van der Waals surface area contributed by atoms with Gasteiger partial charge in [-0.05, 0) is 29.4 Å². The van der Waals surface area contributed by atoms with E-state index in [0.717, 1.165) is 31.4 Å². The third-order valence-corrected chi connectivity index (χ3v) is 9.46. The molecule has 0 spiro atoms. The van der Waals surface area contributed by atoms with Crippen molar-refractivity contribution in [3.05, 3.63) is 71.8 Å². The first-order valence-electron chi connectivity index (χ1n) is 18.3. The Balaban J connectivity index is 1.72. The van der Waals surface area contributed by atoms with Gasteiger partial charge < -0.3 is 45.1 Å². The number of aliphatic hydroxyl groups excluding tert-OH is 3. The lowest BCUT2D eigenvalue weighted by Crippen LogP contribution is -2.64. The molecule has 17 heteroatoms. The molecule has 0 heterocycles. The summed E-state index contributed by atoms with van der Waals surface area (Å²) in [5, 5.41) is 37.5. The largest absolute Gasteiger partial charge is 0.528 e. The first-order valence-corrected chi connectivity index (χ1v) is 18.3. The number of carbonyl (C=O) groups is 4. The Morgan fingerprint density at radius 1 is 0.764 bits per heavy atom. The van der Waals surface area contributed by atoms with Crippen molar-refractivity contribution in [2.45, 2.75) is 102 Å². The number of ether oxygens (including phenoxy) is 2. The topological polar surface area (TPSA) is 196 Å². The molecule has 55 heavy (non-hydrogen) atoms. The second-order valence-electron chi connectivity index (χ2n) is 13.9. The molecule has 5 N–H and O–H groups in total. The van der Waals surface area contributed by atoms with Gasteiger partial charge in [0.25, 0.3) is 5.92 Å². The van der Waals surface area contributed by atoms with Crippen LogP contribution in [0.2, 0.25) is 0 Å². The second-order valence-corrected chi connectivity index (χ2v) is 13.9. The summed E-state index contributed by atoms with van der Waals surface area (Å²) in [6, 6.07) is 10.5. The van der Waals surface area contributed by atoms with E-state index in [2.05, 4.69) is 10.6 Å². The maximum Gasteiger partial charge on any atom is 0.528 e. The van der Waals surface area contributed by atoms with Gasteiger partial charge in [0, 0.05) is 14.1 Å². The average molecular weight is 781 g/mol. The zero-order chi connectivity index (χ0) is 40.5. The maximum absolute atomic E-state index is 16.5. The van der Waals surface area contributed by atoms with Crippen LogP contribution in [0.5, 0.6) is 0 Å². The highest BCUT2D eigenvalue weighted by molar-refractivity contribution is 5.83. The minimum atomic E-state index is -4.08. The Labute approximate surface area is 319 Å². The predicted octanol–water partition coefficient (Wildman–Crippen LogP) is 3.70. The predicted molar refractivity (Wildman–Crippen MR) is 194 cm³/mol. The van der Waals surface area contributed by atoms with Crippen LogP contribution < -0.4 is 10.6 Å². The van der Waals surface area contributed by atoms with Gasteiger partial charge in [0.05, 0.1) is 25.3 Å². The van der Waals surface area contributed by atoms with Gasteiger partial charge in [-0.3, -0.25) is 9.59 Å². The van der Waals surface area contributed by atoms with Gasteiger partial charge in [0.15, 0.2) is 0 Å². The van der Waals surface area contributed by atoms with E-state index in [4.69, 9.17) is 19.1 Å². The first kappa shape index (κ1) is 45.0. The SMILES string of the molecule is CC(C)C(NC(=O)[C@H](CO)N(C)OC(=O)OCc1ccccc1)C(F)(F)C(O)C(CC1CCCCC1)NC(=O)[C@H](CO)N(C)OC(=O)OCc1ccccc1. The van der Waals surface area contributed by atoms with E-state index in [9.17, 15) is 34.5 Å². The fourth-order valence-electron chi connectivity index (χ4n) is 6.31. The summed E-state index contributed by atoms with van der Waals surface area (Å²) in [7, 11) is 2.32. The highest BCUT2D eigenvalue weighted by atomic mass is 19.3. The average Bonchev–Trinajstić information content (AvgIpc) is 3.16. The second kappa shape index (κ2) is 22.2. The molecule has 0 radical (unpaired) electrons. The van der Waals surface area contributed by atoms with E-state index in [0.29, 0.717) is 29.0 Å². The molecule has 3 unspecified atom stereocenters. The Morgan fingerprint density at radius 2 is 1.20 bits per heavy atom. The fraction of sp³-hybridized carbons (Fsp3) is 0.579. The Morgan fingerprint density at radius 3 is 1.62 bits per heavy atom. The number of rotatable bonds is 20. The maximum atomic E-state index is 16.5. The van der Waals surface area contributed by atoms with E-state index in [-0.39, 0.29) is 25.6 Å². The zero-order valence-electron chi connectivity index (χ0n) is 31.6. The molecule has 1 saturated carbocycles. The lowest BCUT2D eigenvalue weighted by Gasteiger charge is -2.39. The number of alkyl halides is 2. The lowest BCUT2D eigenvalue weighted by molar-refractivity contribution is -0.177. The minimum Gasteiger partial charge on any atom is -0.428 e. The molecular formula is C38H54F2N4O11. The van der Waals surface area contributed by atoms with Crippen LogP contribution in [0, 0.1) is 11.8 Å². The quantitative estimate of drug-likeness (QED) is 0.0965. The van der Waals surface area contributed by atoms with Crippen LogP contribution in [0.3, 0.4) is 0 Å². The Hall–Kier alpha value is -4.42. The molecule has 5 atom stereocenters. The number of halogens is 2. The molecule has 2 amide bonds. The van der Waals surface area contributed by atoms with Gasteiger partial charge in [-0.2, -0.15) is 0 Å². The number of nitrogens with zero attached hydrogens (tertiary/aromatic N) is 2. The van der Waals surface area contributed by atoms with Crippen LogP contribution in [0.25, 0.3) is 0 Å². The van der Waals surface area contributed by atoms with Crippen molar-refractivity contribution in [2.24, 2.45) is 11.8 Å². The molecule has 2 aromatic carbocycles. The van der Waals surface area contributed by atoms with Crippen LogP contribution in [0.1, 0.15) is 63.5 Å². The Bertz CT molecular complexity index is 1490. The fourth-order valence-corrected chi connectivity index (χ4v) is 6.31. The molecule has 2 aromatic rings. The molecule has 0 aromatic heterocycles. The molecule has 306 valence electrons. The van der Waals surface area contributed by atoms with Gasteiger partial charge in [0.2, 0.25) is 11.8 Å². The van der Waals surface area contributed by atoms with Gasteiger partial charge >= 0.3 is 12.3 Å². The molecule has 15 nitrogen and oxygen atoms in total. The van der Waals surface area contributed by atoms with E-state index in [1.54, 1.807) is 60.7 Å². The van der Waals surface area contributed by atoms with Crippen LogP contribution in [0.15, 0.2) is 60.7 Å². The third kappa shape index (κ3) is 14.0. The van der Waals surface area contributed by atoms with E-state index < -0.39 is 79.5 Å². The summed E-state index contributed by atoms with van der Waals surface area (Å²) in [6.07, 6.45) is -1.02. The van der Waals surface area contributed by atoms with Crippen molar-refractivity contribution in [1.29, 1.82) is 0 Å². The summed E-state index contributed by atoms with van der Waals surface area (Å²) >= 11 is 0. The number of hydrogen-bond acceptors (Lipinski definition) is 13. The van der Waals surface area contributed by atoms with Crippen LogP contribution >= 0.6 is 0 Å². The van der Waals surface area contributed by atoms with Crippen molar-refractivity contribution < 1.29 is 62.4 Å². The number of hydroxylamine groups is 4. The lowest BCUT2D eigenvalue weighted by atomic mass is 9.81. The molecular weight excluding hydrogens is 726 g/mol. The van der Waals surface area contributed by atoms with Crippen LogP contribution in [-0.2, 0) is 42.0 Å². The molecule has 1 fully saturated rings. The number of likely N-dealkylation sites (N-methyl/N-ethyl adjacent to an activating group) is 2. The van der Waals surface area contributed by atoms with Crippen LogP contribution in [0.4, 0.5) is 18.4 Å². The first-order chi connectivity index (χ1) is 26.2. The van der Waals surface area contributed by atoms with E-state index in [1.807, 2.05) is 0 Å². The Kier molecular flexibility index (Phi) is 18.2. The summed E-state index contributed by atoms with van der Waals surface area (Å²) in [4.78, 5) is 61.5. The molecule has 0 bridgehead atoms. The van der Waals surface area contributed by atoms with Gasteiger partial charge in [-0.15, -0.1) is 10.1 Å². The van der Waals surface area contributed by atoms with Gasteiger partial charge in [0.1, 0.15) is 31.4 Å². The van der Waals surface area contributed by atoms with Gasteiger partial charge in [-0.25, -0.2) is 18.4 Å². The smallest absolute Gasteiger partial charge is 0.428 e. The van der Waals surface area contributed by atoms with Crippen molar-refractivity contribution in [2.75, 3.05) is 27.3 Å². The van der Waals surface area contributed by atoms with Crippen molar-refractivity contribution >= 4 is 24.1 Å². The van der Waals surface area contributed by atoms with Crippen LogP contribution in [-0.4, -0.2) is 113 Å². The summed E-state index contributed by atoms with van der Waals surface area (Å²) < 4.78 is 43.1. The van der Waals surface area contributed by atoms with Gasteiger partial charge in [-0.1, -0.05) is 107 Å². The molecule has 0 aliphatic heterocycles. The molecule has 1 aliphatic carbocycles. The standard InChI is InChI=1S/C38H54F2N4O11/c1-25(2)32(42-35(49)31(22-46)44(4)55-37(51)53-24-28-18-12-7-13-19-28)38(39,40)33(47)29(20-26-14-8-5-9-15-26)41-34(48)30(21-45)43(3)54-36(50)52-23-27-16-10-6-11-17-27/h6-7,10-13,16-19,25-26,29-33,45-47H,5,8-9,14-15,20-24H2,1-4H3,(H,41,48)(H,42,49)/t29?,30-,31-,32?,33?/m0/s1. The number of hydrogen-bond donors (Lipinski definition) is 5. The highest BCUT2D eigenvalue weighted by Gasteiger charge is 2.53. The van der Waals surface area contributed by atoms with E-state index >= 15 is 8.78 Å². The summed E-state index contributed by atoms with van der Waals surface area (Å²) in [5.41, 5.74) is 1.32. The number of amides is 2. The minimum absolute atomic E-state index is 0.0516. The number of aliphatic hydroxyl groups is 3. The number of nitrogens with one attached hydrogen (secondary N) is 2. The molecule has 3 rings (SSSR count). The number of carbonyl (C=O) groups excluding carboxylic acids is 4. The van der Waals surface area contributed by atoms with Crippen molar-refractivity contribution in [3.8, 4) is 0 Å². The number of benzene rings is 2. The summed E-state index contributed by atoms with van der Waals surface area (Å²) in [6.45, 7) is 0.669. The molecule has 1 aliphatic rings. The third-order valence-electron chi connectivity index (χ3n) is 9.46. The summed E-state index contributed by atoms with van der Waals surface area (Å²) in [5.74, 6) is -7.36. The zero-order valence-corrected chi connectivity index (χ0v) is 31.6. The van der Waals surface area contributed by atoms with Crippen molar-refractivity contribution in [1.82, 2.24) is 20.8 Å². The molecule has 0 saturated heterocycles. The normalized spacial score (nSPS) is 16.4. The monoisotopic (exact) mass is 780 g/mol.